The van der Waals surface area contributed by atoms with Crippen LogP contribution in [0.5, 0.6) is 0 Å². The molecular weight excluding hydrogens is 256 g/mol. The highest BCUT2D eigenvalue weighted by Crippen LogP contribution is 2.31. The zero-order chi connectivity index (χ0) is 15.6. The first-order chi connectivity index (χ1) is 9.76. The molecule has 1 unspecified atom stereocenters. The molecule has 1 saturated heterocycles. The van der Waals surface area contributed by atoms with Gasteiger partial charge in [0.2, 0.25) is 0 Å². The molecule has 118 valence electrons. The quantitative estimate of drug-likeness (QED) is 0.885. The lowest BCUT2D eigenvalue weighted by Gasteiger charge is -2.26. The Kier molecular flexibility index (Phi) is 4.98. The molecule has 1 heterocycles. The highest BCUT2D eigenvalue weighted by Gasteiger charge is 2.26. The summed E-state index contributed by atoms with van der Waals surface area (Å²) >= 11 is 0. The van der Waals surface area contributed by atoms with Gasteiger partial charge in [0.25, 0.3) is 0 Å². The van der Waals surface area contributed by atoms with Crippen molar-refractivity contribution in [3.63, 3.8) is 0 Å². The minimum absolute atomic E-state index is 0.159. The average molecular weight is 288 g/mol. The van der Waals surface area contributed by atoms with Crippen LogP contribution in [0.25, 0.3) is 0 Å². The SMILES string of the molecule is Cc1ccc(N2CCC(C(C)C)C2)c(CNC(C)(C)C)c1. The highest BCUT2D eigenvalue weighted by molar-refractivity contribution is 5.55. The van der Waals surface area contributed by atoms with Crippen LogP contribution in [0, 0.1) is 18.8 Å². The molecule has 0 bridgehead atoms. The molecule has 1 aromatic rings. The Balaban J connectivity index is 2.15. The van der Waals surface area contributed by atoms with E-state index in [1.165, 1.54) is 36.3 Å². The number of anilines is 1. The van der Waals surface area contributed by atoms with Crippen molar-refractivity contribution in [3.05, 3.63) is 29.3 Å². The van der Waals surface area contributed by atoms with Gasteiger partial charge in [-0.1, -0.05) is 31.5 Å². The molecule has 2 nitrogen and oxygen atoms in total. The van der Waals surface area contributed by atoms with Gasteiger partial charge in [-0.3, -0.25) is 0 Å². The molecule has 0 radical (unpaired) electrons. The highest BCUT2D eigenvalue weighted by atomic mass is 15.2. The molecule has 1 fully saturated rings. The van der Waals surface area contributed by atoms with E-state index in [1.54, 1.807) is 0 Å². The first-order valence-electron chi connectivity index (χ1n) is 8.36. The summed E-state index contributed by atoms with van der Waals surface area (Å²) in [6.07, 6.45) is 1.33. The fourth-order valence-electron chi connectivity index (χ4n) is 3.08. The number of aryl methyl sites for hydroxylation is 1. The van der Waals surface area contributed by atoms with E-state index in [2.05, 4.69) is 70.0 Å². The summed E-state index contributed by atoms with van der Waals surface area (Å²) in [5.74, 6) is 1.63. The Bertz CT molecular complexity index is 471. The fourth-order valence-corrected chi connectivity index (χ4v) is 3.08. The summed E-state index contributed by atoms with van der Waals surface area (Å²) in [6.45, 7) is 16.9. The van der Waals surface area contributed by atoms with Crippen molar-refractivity contribution in [1.29, 1.82) is 0 Å². The molecule has 1 atom stereocenters. The smallest absolute Gasteiger partial charge is 0.0412 e. The van der Waals surface area contributed by atoms with Crippen molar-refractivity contribution in [2.45, 2.75) is 60.0 Å². The Morgan fingerprint density at radius 1 is 1.29 bits per heavy atom. The first-order valence-corrected chi connectivity index (χ1v) is 8.36. The van der Waals surface area contributed by atoms with E-state index in [-0.39, 0.29) is 5.54 Å². The minimum atomic E-state index is 0.159. The van der Waals surface area contributed by atoms with Crippen molar-refractivity contribution in [2.24, 2.45) is 11.8 Å². The Morgan fingerprint density at radius 3 is 2.57 bits per heavy atom. The van der Waals surface area contributed by atoms with Gasteiger partial charge in [0.1, 0.15) is 0 Å². The normalized spacial score (nSPS) is 19.6. The van der Waals surface area contributed by atoms with Crippen LogP contribution in [0.2, 0.25) is 0 Å². The molecule has 0 aromatic heterocycles. The predicted molar refractivity (Wildman–Crippen MR) is 92.9 cm³/mol. The second-order valence-electron chi connectivity index (χ2n) is 7.97. The third kappa shape index (κ3) is 4.47. The maximum absolute atomic E-state index is 3.64. The molecule has 1 N–H and O–H groups in total. The van der Waals surface area contributed by atoms with E-state index in [0.717, 1.165) is 18.4 Å². The van der Waals surface area contributed by atoms with Crippen molar-refractivity contribution in [1.82, 2.24) is 5.32 Å². The third-order valence-corrected chi connectivity index (χ3v) is 4.55. The number of nitrogens with zero attached hydrogens (tertiary/aromatic N) is 1. The second kappa shape index (κ2) is 6.39. The van der Waals surface area contributed by atoms with Gasteiger partial charge < -0.3 is 10.2 Å². The van der Waals surface area contributed by atoms with E-state index in [4.69, 9.17) is 0 Å². The van der Waals surface area contributed by atoms with E-state index < -0.39 is 0 Å². The Morgan fingerprint density at radius 2 is 2.00 bits per heavy atom. The summed E-state index contributed by atoms with van der Waals surface area (Å²) < 4.78 is 0. The number of rotatable bonds is 4. The largest absolute Gasteiger partial charge is 0.371 e. The van der Waals surface area contributed by atoms with Crippen molar-refractivity contribution >= 4 is 5.69 Å². The Labute approximate surface area is 130 Å². The van der Waals surface area contributed by atoms with Gasteiger partial charge in [0.15, 0.2) is 0 Å². The van der Waals surface area contributed by atoms with Gasteiger partial charge in [-0.05, 0) is 57.6 Å². The van der Waals surface area contributed by atoms with Gasteiger partial charge in [-0.25, -0.2) is 0 Å². The lowest BCUT2D eigenvalue weighted by atomic mass is 9.95. The van der Waals surface area contributed by atoms with E-state index in [9.17, 15) is 0 Å². The molecule has 21 heavy (non-hydrogen) atoms. The number of hydrogen-bond acceptors (Lipinski definition) is 2. The molecule has 0 amide bonds. The first kappa shape index (κ1) is 16.4. The van der Waals surface area contributed by atoms with Gasteiger partial charge in [-0.2, -0.15) is 0 Å². The number of nitrogens with one attached hydrogen (secondary N) is 1. The van der Waals surface area contributed by atoms with Crippen LogP contribution >= 0.6 is 0 Å². The fraction of sp³-hybridized carbons (Fsp3) is 0.684. The van der Waals surface area contributed by atoms with Crippen LogP contribution in [-0.2, 0) is 6.54 Å². The van der Waals surface area contributed by atoms with Gasteiger partial charge in [0.05, 0.1) is 0 Å². The zero-order valence-electron chi connectivity index (χ0n) is 14.7. The van der Waals surface area contributed by atoms with Crippen LogP contribution in [0.4, 0.5) is 5.69 Å². The maximum Gasteiger partial charge on any atom is 0.0412 e. The lowest BCUT2D eigenvalue weighted by Crippen LogP contribution is -2.35. The molecule has 2 heteroatoms. The van der Waals surface area contributed by atoms with Gasteiger partial charge >= 0.3 is 0 Å². The summed E-state index contributed by atoms with van der Waals surface area (Å²) in [7, 11) is 0. The number of benzene rings is 1. The van der Waals surface area contributed by atoms with Gasteiger partial charge in [0, 0.05) is 30.9 Å². The summed E-state index contributed by atoms with van der Waals surface area (Å²) in [4.78, 5) is 2.59. The van der Waals surface area contributed by atoms with Crippen LogP contribution in [0.1, 0.15) is 52.2 Å². The van der Waals surface area contributed by atoms with Crippen LogP contribution in [-0.4, -0.2) is 18.6 Å². The maximum atomic E-state index is 3.64. The van der Waals surface area contributed by atoms with Crippen molar-refractivity contribution in [2.75, 3.05) is 18.0 Å². The van der Waals surface area contributed by atoms with Crippen LogP contribution in [0.3, 0.4) is 0 Å². The third-order valence-electron chi connectivity index (χ3n) is 4.55. The monoisotopic (exact) mass is 288 g/mol. The minimum Gasteiger partial charge on any atom is -0.371 e. The van der Waals surface area contributed by atoms with Gasteiger partial charge in [-0.15, -0.1) is 0 Å². The zero-order valence-corrected chi connectivity index (χ0v) is 14.7. The van der Waals surface area contributed by atoms with Crippen LogP contribution < -0.4 is 10.2 Å². The van der Waals surface area contributed by atoms with E-state index >= 15 is 0 Å². The Hall–Kier alpha value is -1.02. The van der Waals surface area contributed by atoms with E-state index in [1.807, 2.05) is 0 Å². The molecule has 1 aromatic carbocycles. The molecule has 0 saturated carbocycles. The summed E-state index contributed by atoms with van der Waals surface area (Å²) in [5, 5.41) is 3.64. The average Bonchev–Trinajstić information content (AvgIpc) is 2.85. The summed E-state index contributed by atoms with van der Waals surface area (Å²) in [6, 6.07) is 6.91. The summed E-state index contributed by atoms with van der Waals surface area (Å²) in [5.41, 5.74) is 4.38. The molecule has 0 aliphatic carbocycles. The van der Waals surface area contributed by atoms with Crippen LogP contribution in [0.15, 0.2) is 18.2 Å². The predicted octanol–water partition coefficient (Wildman–Crippen LogP) is 4.37. The standard InChI is InChI=1S/C19H32N2/c1-14(2)16-9-10-21(13-16)18-8-7-15(3)11-17(18)12-20-19(4,5)6/h7-8,11,14,16,20H,9-10,12-13H2,1-6H3. The van der Waals surface area contributed by atoms with E-state index in [0.29, 0.717) is 0 Å². The molecule has 1 aliphatic heterocycles. The molecular formula is C19H32N2. The number of hydrogen-bond donors (Lipinski definition) is 1. The molecule has 0 spiro atoms. The molecule has 1 aliphatic rings. The van der Waals surface area contributed by atoms with Crippen molar-refractivity contribution < 1.29 is 0 Å². The van der Waals surface area contributed by atoms with Crippen molar-refractivity contribution in [3.8, 4) is 0 Å². The lowest BCUT2D eigenvalue weighted by molar-refractivity contribution is 0.421. The molecule has 2 rings (SSSR count). The topological polar surface area (TPSA) is 15.3 Å². The second-order valence-corrected chi connectivity index (χ2v) is 7.97.